The van der Waals surface area contributed by atoms with Gasteiger partial charge in [0.25, 0.3) is 0 Å². The fourth-order valence-electron chi connectivity index (χ4n) is 11.3. The second-order valence-corrected chi connectivity index (χ2v) is 25.3. The molecule has 12 heteroatoms. The van der Waals surface area contributed by atoms with E-state index in [4.69, 9.17) is 19.4 Å². The smallest absolute Gasteiger partial charge is 0.410 e. The van der Waals surface area contributed by atoms with Crippen molar-refractivity contribution in [2.45, 2.75) is 140 Å². The molecule has 4 aliphatic heterocycles. The maximum atomic E-state index is 17.7. The molecule has 4 atom stereocenters. The van der Waals surface area contributed by atoms with Gasteiger partial charge in [0, 0.05) is 54.5 Å². The summed E-state index contributed by atoms with van der Waals surface area (Å²) >= 11 is 0. The molecule has 0 aliphatic carbocycles. The summed E-state index contributed by atoms with van der Waals surface area (Å²) in [5.41, 5.74) is 4.82. The Balaban J connectivity index is 1.26. The fourth-order valence-corrected chi connectivity index (χ4v) is 16.5. The zero-order chi connectivity index (χ0) is 42.9. The van der Waals surface area contributed by atoms with Crippen molar-refractivity contribution in [2.75, 3.05) is 37.7 Å². The van der Waals surface area contributed by atoms with Gasteiger partial charge in [0.2, 0.25) is 0 Å². The van der Waals surface area contributed by atoms with Crippen LogP contribution in [-0.2, 0) is 4.74 Å². The van der Waals surface area contributed by atoms with Crippen molar-refractivity contribution < 1.29 is 27.4 Å². The molecule has 4 saturated heterocycles. The molecule has 4 aromatic rings. The second kappa shape index (κ2) is 15.8. The number of carbonyl (C=O) groups excluding carboxylic acids is 1. The number of carbonyl (C=O) groups is 1. The van der Waals surface area contributed by atoms with Crippen LogP contribution >= 0.6 is 0 Å². The minimum absolute atomic E-state index is 0.0340. The Hall–Kier alpha value is -4.34. The van der Waals surface area contributed by atoms with Gasteiger partial charge in [-0.2, -0.15) is 9.97 Å². The molecule has 60 heavy (non-hydrogen) atoms. The van der Waals surface area contributed by atoms with E-state index in [0.29, 0.717) is 59.4 Å². The number of nitrogens with zero attached hydrogens (tertiary/aromatic N) is 5. The van der Waals surface area contributed by atoms with Gasteiger partial charge in [0.1, 0.15) is 43.6 Å². The number of alkyl halides is 1. The second-order valence-electron chi connectivity index (χ2n) is 19.7. The van der Waals surface area contributed by atoms with E-state index in [9.17, 15) is 9.18 Å². The van der Waals surface area contributed by atoms with Crippen LogP contribution in [0.25, 0.3) is 32.8 Å². The molecule has 8 nitrogen and oxygen atoms in total. The monoisotopic (exact) mass is 839 g/mol. The molecule has 0 N–H and O–H groups in total. The van der Waals surface area contributed by atoms with E-state index in [1.165, 1.54) is 6.07 Å². The van der Waals surface area contributed by atoms with E-state index in [-0.39, 0.29) is 47.3 Å². The van der Waals surface area contributed by atoms with Crippen LogP contribution in [0.4, 0.5) is 23.8 Å². The molecule has 0 saturated carbocycles. The highest BCUT2D eigenvalue weighted by Crippen LogP contribution is 2.45. The van der Waals surface area contributed by atoms with Crippen molar-refractivity contribution >= 4 is 41.7 Å². The van der Waals surface area contributed by atoms with Crippen molar-refractivity contribution in [3.63, 3.8) is 0 Å². The molecular formula is C48H60F3N5O3Si. The molecule has 1 aromatic heterocycles. The minimum atomic E-state index is -2.14. The van der Waals surface area contributed by atoms with Gasteiger partial charge in [-0.05, 0) is 92.7 Å². The molecule has 0 unspecified atom stereocenters. The first-order chi connectivity index (χ1) is 28.4. The average Bonchev–Trinajstić information content (AvgIpc) is 3.79. The highest BCUT2D eigenvalue weighted by atomic mass is 28.3. The summed E-state index contributed by atoms with van der Waals surface area (Å²) in [6, 6.07) is 12.4. The van der Waals surface area contributed by atoms with Gasteiger partial charge in [-0.1, -0.05) is 77.8 Å². The van der Waals surface area contributed by atoms with Crippen molar-refractivity contribution in [2.24, 2.45) is 0 Å². The predicted molar refractivity (Wildman–Crippen MR) is 236 cm³/mol. The molecule has 8 rings (SSSR count). The molecule has 4 fully saturated rings. The van der Waals surface area contributed by atoms with Crippen LogP contribution in [0.5, 0.6) is 6.01 Å². The van der Waals surface area contributed by atoms with Crippen LogP contribution < -0.4 is 9.64 Å². The Labute approximate surface area is 354 Å². The Morgan fingerprint density at radius 2 is 1.63 bits per heavy atom. The maximum Gasteiger partial charge on any atom is 0.410 e. The van der Waals surface area contributed by atoms with Crippen LogP contribution in [0.1, 0.15) is 100.0 Å². The Morgan fingerprint density at radius 1 is 0.967 bits per heavy atom. The van der Waals surface area contributed by atoms with Gasteiger partial charge >= 0.3 is 12.1 Å². The first-order valence-electron chi connectivity index (χ1n) is 22.0. The lowest BCUT2D eigenvalue weighted by Crippen LogP contribution is -2.56. The van der Waals surface area contributed by atoms with Crippen LogP contribution in [0.3, 0.4) is 0 Å². The number of anilines is 1. The summed E-state index contributed by atoms with van der Waals surface area (Å²) in [7, 11) is -2.14. The number of hydrogen-bond acceptors (Lipinski definition) is 7. The summed E-state index contributed by atoms with van der Waals surface area (Å²) in [5, 5.41) is 1.75. The van der Waals surface area contributed by atoms with Gasteiger partial charge in [-0.25, -0.2) is 18.0 Å². The lowest BCUT2D eigenvalue weighted by Gasteiger charge is -2.42. The van der Waals surface area contributed by atoms with Gasteiger partial charge < -0.3 is 19.3 Å². The van der Waals surface area contributed by atoms with Gasteiger partial charge in [0.15, 0.2) is 5.82 Å². The summed E-state index contributed by atoms with van der Waals surface area (Å²) < 4.78 is 61.7. The minimum Gasteiger partial charge on any atom is -0.461 e. The number of fused-ring (bicyclic) bond motifs is 5. The molecule has 0 radical (unpaired) electrons. The number of hydrogen-bond donors (Lipinski definition) is 0. The van der Waals surface area contributed by atoms with E-state index < -0.39 is 37.0 Å². The Kier molecular flexibility index (Phi) is 11.2. The molecule has 4 aliphatic rings. The standard InChI is InChI=1S/C48H60F3N5O3Si/c1-29(2)60(30(3)4,31(5)6)22-19-33-14-10-13-32-15-11-16-37(40(32)33)41-39(50)23-38-43(42(41)51)52-45(58-28-48-20-12-21-55(48)25-34(49)24-48)53-44(38)56-35-17-18-36(56)27-54(26-35)46(57)59-47(7,8)9/h10-11,13-16,23,29-31,34-36H,12,17-18,20-21,24-28H2,1-9H3/t34-,35-,36+,48+/m1/s1. The highest BCUT2D eigenvalue weighted by Gasteiger charge is 2.50. The third-order valence-corrected chi connectivity index (χ3v) is 20.2. The third kappa shape index (κ3) is 7.41. The van der Waals surface area contributed by atoms with Gasteiger partial charge in [0.05, 0.1) is 11.1 Å². The van der Waals surface area contributed by atoms with Crippen LogP contribution in [0.2, 0.25) is 16.6 Å². The van der Waals surface area contributed by atoms with E-state index in [0.717, 1.165) is 43.2 Å². The number of halogens is 3. The Bertz CT molecular complexity index is 2330. The van der Waals surface area contributed by atoms with Crippen molar-refractivity contribution in [1.29, 1.82) is 0 Å². The highest BCUT2D eigenvalue weighted by molar-refractivity contribution is 6.90. The first kappa shape index (κ1) is 42.4. The molecule has 5 heterocycles. The number of rotatable bonds is 8. The number of aromatic nitrogens is 2. The SMILES string of the molecule is CC(C)[Si](C#Cc1cccc2cccc(-c3c(F)cc4c(N5[C@@H]6CC[C@H]5CN(C(=O)OC(C)(C)C)C6)nc(OC[C@@]56CCCN5C[C@H](F)C6)nc4c3F)c12)(C(C)C)C(C)C. The quantitative estimate of drug-likeness (QED) is 0.129. The van der Waals surface area contributed by atoms with E-state index >= 15 is 8.78 Å². The third-order valence-electron chi connectivity index (χ3n) is 13.9. The zero-order valence-corrected chi connectivity index (χ0v) is 37.7. The summed E-state index contributed by atoms with van der Waals surface area (Å²) in [6.45, 7) is 21.2. The van der Waals surface area contributed by atoms with Crippen molar-refractivity contribution in [3.8, 4) is 28.6 Å². The molecule has 0 spiro atoms. The molecule has 320 valence electrons. The maximum absolute atomic E-state index is 17.7. The fraction of sp³-hybridized carbons (Fsp3) is 0.562. The van der Waals surface area contributed by atoms with E-state index in [2.05, 4.69) is 62.8 Å². The summed E-state index contributed by atoms with van der Waals surface area (Å²) in [5.74, 6) is 2.40. The van der Waals surface area contributed by atoms with Crippen LogP contribution in [0.15, 0.2) is 42.5 Å². The number of likely N-dealkylation sites (tertiary alicyclic amines) is 1. The molecule has 1 amide bonds. The molecule has 2 bridgehead atoms. The molecular weight excluding hydrogens is 780 g/mol. The van der Waals surface area contributed by atoms with Gasteiger partial charge in [-0.15, -0.1) is 5.54 Å². The van der Waals surface area contributed by atoms with Gasteiger partial charge in [-0.3, -0.25) is 4.90 Å². The summed E-state index contributed by atoms with van der Waals surface area (Å²) in [4.78, 5) is 28.8. The number of piperazine rings is 1. The van der Waals surface area contributed by atoms with E-state index in [1.54, 1.807) is 11.0 Å². The number of amides is 1. The largest absolute Gasteiger partial charge is 0.461 e. The topological polar surface area (TPSA) is 71.0 Å². The lowest BCUT2D eigenvalue weighted by atomic mass is 9.93. The van der Waals surface area contributed by atoms with Crippen LogP contribution in [-0.4, -0.2) is 96.1 Å². The average molecular weight is 840 g/mol. The number of benzene rings is 3. The predicted octanol–water partition coefficient (Wildman–Crippen LogP) is 10.8. The van der Waals surface area contributed by atoms with Crippen molar-refractivity contribution in [1.82, 2.24) is 19.8 Å². The first-order valence-corrected chi connectivity index (χ1v) is 24.2. The van der Waals surface area contributed by atoms with E-state index in [1.807, 2.05) is 51.1 Å². The molecule has 3 aromatic carbocycles. The zero-order valence-electron chi connectivity index (χ0n) is 36.7. The van der Waals surface area contributed by atoms with Crippen molar-refractivity contribution in [3.05, 3.63) is 59.7 Å². The summed E-state index contributed by atoms with van der Waals surface area (Å²) in [6.07, 6.45) is 2.28. The Morgan fingerprint density at radius 3 is 2.28 bits per heavy atom. The number of ether oxygens (including phenoxy) is 2. The normalized spacial score (nSPS) is 23.3. The lowest BCUT2D eigenvalue weighted by molar-refractivity contribution is 0.0209. The van der Waals surface area contributed by atoms with Crippen LogP contribution in [0, 0.1) is 23.1 Å².